The molecule has 23 heavy (non-hydrogen) atoms. The molecule has 2 unspecified atom stereocenters. The number of hydrogen-bond donors (Lipinski definition) is 1. The first-order chi connectivity index (χ1) is 10.9. The van der Waals surface area contributed by atoms with Gasteiger partial charge in [0.1, 0.15) is 0 Å². The number of fused-ring (bicyclic) bond motifs is 1. The highest BCUT2D eigenvalue weighted by molar-refractivity contribution is 5.84. The van der Waals surface area contributed by atoms with Gasteiger partial charge in [0.05, 0.1) is 42.3 Å². The summed E-state index contributed by atoms with van der Waals surface area (Å²) >= 11 is 0. The number of hydrogen-bond acceptors (Lipinski definition) is 4. The van der Waals surface area contributed by atoms with Crippen molar-refractivity contribution in [3.63, 3.8) is 0 Å². The molecule has 1 aliphatic heterocycles. The number of pyridine rings is 1. The van der Waals surface area contributed by atoms with E-state index in [0.717, 1.165) is 11.4 Å². The zero-order chi connectivity index (χ0) is 16.2. The summed E-state index contributed by atoms with van der Waals surface area (Å²) in [6, 6.07) is 3.68. The van der Waals surface area contributed by atoms with Crippen LogP contribution in [0.1, 0.15) is 16.2 Å². The minimum absolute atomic E-state index is 0.0150. The Labute approximate surface area is 130 Å². The number of rotatable bonds is 4. The maximum Gasteiger partial charge on any atom is 0.356 e. The van der Waals surface area contributed by atoms with Crippen molar-refractivity contribution < 1.29 is 18.7 Å². The number of piperidine rings is 1. The van der Waals surface area contributed by atoms with E-state index in [1.165, 1.54) is 12.5 Å². The Balaban J connectivity index is 1.41. The molecule has 120 valence electrons. The summed E-state index contributed by atoms with van der Waals surface area (Å²) in [6.45, 7) is 1.16. The van der Waals surface area contributed by atoms with Gasteiger partial charge in [-0.15, -0.1) is 0 Å². The van der Waals surface area contributed by atoms with Gasteiger partial charge in [-0.25, -0.2) is 18.6 Å². The minimum Gasteiger partial charge on any atom is -0.476 e. The molecule has 2 aromatic rings. The Hall–Kier alpha value is -2.51. The number of imidazole rings is 1. The Kier molecular flexibility index (Phi) is 2.91. The number of carboxylic acid groups (broad SMARTS) is 1. The highest BCUT2D eigenvalue weighted by Crippen LogP contribution is 2.59. The smallest absolute Gasteiger partial charge is 0.356 e. The van der Waals surface area contributed by atoms with E-state index in [-0.39, 0.29) is 5.69 Å². The summed E-state index contributed by atoms with van der Waals surface area (Å²) in [4.78, 5) is 20.8. The second-order valence-electron chi connectivity index (χ2n) is 6.04. The van der Waals surface area contributed by atoms with Crippen molar-refractivity contribution in [3.05, 3.63) is 42.2 Å². The maximum atomic E-state index is 13.2. The van der Waals surface area contributed by atoms with Gasteiger partial charge in [-0.1, -0.05) is 0 Å². The molecule has 0 spiro atoms. The number of carboxylic acids is 1. The molecule has 4 rings (SSSR count). The van der Waals surface area contributed by atoms with Crippen LogP contribution in [-0.2, 0) is 6.54 Å². The van der Waals surface area contributed by atoms with Crippen LogP contribution in [0.25, 0.3) is 0 Å². The van der Waals surface area contributed by atoms with E-state index in [9.17, 15) is 13.6 Å². The van der Waals surface area contributed by atoms with Crippen molar-refractivity contribution in [1.82, 2.24) is 14.5 Å². The van der Waals surface area contributed by atoms with Gasteiger partial charge in [-0.05, 0) is 12.1 Å². The molecule has 2 atom stereocenters. The lowest BCUT2D eigenvalue weighted by Gasteiger charge is -2.21. The molecule has 8 heteroatoms. The van der Waals surface area contributed by atoms with Crippen molar-refractivity contribution in [3.8, 4) is 0 Å². The summed E-state index contributed by atoms with van der Waals surface area (Å²) in [5.74, 6) is -4.57. The number of anilines is 1. The fourth-order valence-corrected chi connectivity index (χ4v) is 3.16. The van der Waals surface area contributed by atoms with Gasteiger partial charge >= 0.3 is 5.97 Å². The summed E-state index contributed by atoms with van der Waals surface area (Å²) < 4.78 is 28.0. The summed E-state index contributed by atoms with van der Waals surface area (Å²) in [5.41, 5.74) is 1.57. The summed E-state index contributed by atoms with van der Waals surface area (Å²) in [7, 11) is 0. The van der Waals surface area contributed by atoms with Crippen LogP contribution in [0.5, 0.6) is 0 Å². The molecule has 1 saturated carbocycles. The Bertz CT molecular complexity index is 745. The van der Waals surface area contributed by atoms with Gasteiger partial charge in [-0.2, -0.15) is 0 Å². The van der Waals surface area contributed by atoms with Crippen LogP contribution in [0.2, 0.25) is 0 Å². The van der Waals surface area contributed by atoms with Crippen molar-refractivity contribution >= 4 is 11.7 Å². The lowest BCUT2D eigenvalue weighted by molar-refractivity contribution is 0.0690. The van der Waals surface area contributed by atoms with Gasteiger partial charge < -0.3 is 14.6 Å². The summed E-state index contributed by atoms with van der Waals surface area (Å²) in [5, 5.41) is 8.83. The molecule has 2 aliphatic rings. The second kappa shape index (κ2) is 4.74. The van der Waals surface area contributed by atoms with E-state index in [4.69, 9.17) is 5.11 Å². The van der Waals surface area contributed by atoms with Crippen LogP contribution in [-0.4, -0.2) is 44.6 Å². The van der Waals surface area contributed by atoms with Gasteiger partial charge in [-0.3, -0.25) is 4.98 Å². The summed E-state index contributed by atoms with van der Waals surface area (Å²) in [6.07, 6.45) is 4.55. The number of aromatic carboxylic acids is 1. The van der Waals surface area contributed by atoms with Gasteiger partial charge in [0.25, 0.3) is 5.92 Å². The molecular formula is C15H14F2N4O2. The van der Waals surface area contributed by atoms with Crippen LogP contribution < -0.4 is 4.90 Å². The van der Waals surface area contributed by atoms with Crippen LogP contribution in [0.3, 0.4) is 0 Å². The van der Waals surface area contributed by atoms with Gasteiger partial charge in [0.2, 0.25) is 0 Å². The van der Waals surface area contributed by atoms with E-state index in [1.54, 1.807) is 10.8 Å². The van der Waals surface area contributed by atoms with Crippen LogP contribution in [0.15, 0.2) is 30.9 Å². The van der Waals surface area contributed by atoms with E-state index in [1.807, 2.05) is 17.0 Å². The number of alkyl halides is 2. The number of aromatic nitrogens is 3. The highest BCUT2D eigenvalue weighted by atomic mass is 19.3. The lowest BCUT2D eigenvalue weighted by atomic mass is 10.3. The Morgan fingerprint density at radius 2 is 2.04 bits per heavy atom. The third-order valence-electron chi connectivity index (χ3n) is 4.57. The predicted octanol–water partition coefficient (Wildman–Crippen LogP) is 1.73. The van der Waals surface area contributed by atoms with E-state index < -0.39 is 23.7 Å². The quantitative estimate of drug-likeness (QED) is 0.929. The average Bonchev–Trinajstić information content (AvgIpc) is 2.99. The maximum absolute atomic E-state index is 13.2. The van der Waals surface area contributed by atoms with Gasteiger partial charge in [0.15, 0.2) is 5.69 Å². The molecular weight excluding hydrogens is 306 g/mol. The third kappa shape index (κ3) is 2.34. The van der Waals surface area contributed by atoms with E-state index in [0.29, 0.717) is 19.6 Å². The Morgan fingerprint density at radius 1 is 1.30 bits per heavy atom. The predicted molar refractivity (Wildman–Crippen MR) is 76.7 cm³/mol. The number of nitrogens with zero attached hydrogens (tertiary/aromatic N) is 4. The molecule has 1 N–H and O–H groups in total. The molecule has 0 amide bonds. The van der Waals surface area contributed by atoms with E-state index in [2.05, 4.69) is 9.97 Å². The van der Waals surface area contributed by atoms with Crippen LogP contribution in [0.4, 0.5) is 14.5 Å². The average molecular weight is 320 g/mol. The van der Waals surface area contributed by atoms with Gasteiger partial charge in [0, 0.05) is 19.3 Å². The van der Waals surface area contributed by atoms with Crippen molar-refractivity contribution in [2.75, 3.05) is 18.0 Å². The van der Waals surface area contributed by atoms with E-state index >= 15 is 0 Å². The molecule has 2 fully saturated rings. The SMILES string of the molecule is O=C(O)c1cn(Cc2ccc(N3CC4C(C3)C4(F)F)cn2)cn1. The highest BCUT2D eigenvalue weighted by Gasteiger charge is 2.71. The normalized spacial score (nSPS) is 24.5. The topological polar surface area (TPSA) is 71.2 Å². The van der Waals surface area contributed by atoms with Crippen molar-refractivity contribution in [1.29, 1.82) is 0 Å². The fraction of sp³-hybridized carbons (Fsp3) is 0.400. The monoisotopic (exact) mass is 320 g/mol. The fourth-order valence-electron chi connectivity index (χ4n) is 3.16. The molecule has 3 heterocycles. The lowest BCUT2D eigenvalue weighted by Crippen LogP contribution is -2.27. The third-order valence-corrected chi connectivity index (χ3v) is 4.57. The molecule has 0 radical (unpaired) electrons. The number of halogens is 2. The molecule has 2 aromatic heterocycles. The molecule has 6 nitrogen and oxygen atoms in total. The first-order valence-electron chi connectivity index (χ1n) is 7.28. The zero-order valence-corrected chi connectivity index (χ0v) is 12.1. The molecule has 1 saturated heterocycles. The van der Waals surface area contributed by atoms with Crippen LogP contribution >= 0.6 is 0 Å². The first-order valence-corrected chi connectivity index (χ1v) is 7.28. The zero-order valence-electron chi connectivity index (χ0n) is 12.1. The molecule has 0 bridgehead atoms. The van der Waals surface area contributed by atoms with Crippen molar-refractivity contribution in [2.45, 2.75) is 12.5 Å². The molecule has 0 aromatic carbocycles. The second-order valence-corrected chi connectivity index (χ2v) is 6.04. The standard InChI is InChI=1S/C15H14F2N4O2/c16-15(17)11-5-21(6-12(11)15)10-2-1-9(18-3-10)4-20-7-13(14(22)23)19-8-20/h1-3,7-8,11-12H,4-6H2,(H,22,23). The first kappa shape index (κ1) is 14.1. The van der Waals surface area contributed by atoms with Crippen molar-refractivity contribution in [2.24, 2.45) is 11.8 Å². The molecule has 1 aliphatic carbocycles. The largest absolute Gasteiger partial charge is 0.476 e. The minimum atomic E-state index is -2.48. The number of carbonyl (C=O) groups is 1. The van der Waals surface area contributed by atoms with Crippen LogP contribution in [0, 0.1) is 11.8 Å². The Morgan fingerprint density at radius 3 is 2.61 bits per heavy atom.